The monoisotopic (exact) mass is 359 g/mol. The fourth-order valence-electron chi connectivity index (χ4n) is 2.10. The minimum absolute atomic E-state index is 0.0412. The van der Waals surface area contributed by atoms with Gasteiger partial charge in [-0.3, -0.25) is 0 Å². The number of nitrogens with zero attached hydrogens (tertiary/aromatic N) is 2. The quantitative estimate of drug-likeness (QED) is 0.881. The van der Waals surface area contributed by atoms with Gasteiger partial charge in [0.1, 0.15) is 0 Å². The molecule has 0 saturated carbocycles. The molecule has 0 atom stereocenters. The predicted octanol–water partition coefficient (Wildman–Crippen LogP) is 4.00. The fraction of sp³-hybridized carbons (Fsp3) is 0.286. The Bertz CT molecular complexity index is 661. The van der Waals surface area contributed by atoms with Crippen LogP contribution in [0.15, 0.2) is 22.7 Å². The number of alkyl halides is 3. The van der Waals surface area contributed by atoms with E-state index in [-0.39, 0.29) is 17.9 Å². The zero-order chi connectivity index (χ0) is 15.8. The summed E-state index contributed by atoms with van der Waals surface area (Å²) < 4.78 is 39.8. The van der Waals surface area contributed by atoms with Crippen LogP contribution in [-0.2, 0) is 12.7 Å². The lowest BCUT2D eigenvalue weighted by Crippen LogP contribution is -2.11. The van der Waals surface area contributed by atoms with Crippen LogP contribution < -0.4 is 5.73 Å². The van der Waals surface area contributed by atoms with E-state index in [0.717, 1.165) is 11.6 Å². The number of benzene rings is 1. The molecule has 0 radical (unpaired) electrons. The van der Waals surface area contributed by atoms with Crippen LogP contribution in [0.4, 0.5) is 13.2 Å². The molecule has 112 valence electrons. The van der Waals surface area contributed by atoms with Gasteiger partial charge in [0.05, 0.1) is 5.56 Å². The van der Waals surface area contributed by atoms with E-state index < -0.39 is 11.7 Å². The topological polar surface area (TPSA) is 51.8 Å². The summed E-state index contributed by atoms with van der Waals surface area (Å²) >= 11 is 3.06. The molecule has 1 aromatic carbocycles. The van der Waals surface area contributed by atoms with Gasteiger partial charge in [0, 0.05) is 33.5 Å². The van der Waals surface area contributed by atoms with E-state index in [1.54, 1.807) is 13.8 Å². The van der Waals surface area contributed by atoms with Crippen molar-refractivity contribution >= 4 is 15.9 Å². The van der Waals surface area contributed by atoms with Crippen LogP contribution in [0.3, 0.4) is 0 Å². The molecule has 0 aliphatic rings. The van der Waals surface area contributed by atoms with Crippen molar-refractivity contribution in [2.45, 2.75) is 26.6 Å². The highest BCUT2D eigenvalue weighted by molar-refractivity contribution is 9.10. The second-order valence-electron chi connectivity index (χ2n) is 4.59. The Morgan fingerprint density at radius 3 is 2.19 bits per heavy atom. The van der Waals surface area contributed by atoms with Gasteiger partial charge in [0.2, 0.25) is 0 Å². The normalized spacial score (nSPS) is 11.8. The summed E-state index contributed by atoms with van der Waals surface area (Å²) in [5, 5.41) is 0. The maximum absolute atomic E-state index is 13.2. The first-order chi connectivity index (χ1) is 9.74. The van der Waals surface area contributed by atoms with Crippen LogP contribution in [0, 0.1) is 13.8 Å². The molecule has 0 aliphatic heterocycles. The first-order valence-electron chi connectivity index (χ1n) is 6.15. The number of hydrogen-bond acceptors (Lipinski definition) is 3. The average molecular weight is 360 g/mol. The van der Waals surface area contributed by atoms with Crippen LogP contribution in [0.25, 0.3) is 11.4 Å². The van der Waals surface area contributed by atoms with E-state index in [1.165, 1.54) is 12.1 Å². The van der Waals surface area contributed by atoms with Crippen LogP contribution in [0.1, 0.15) is 22.5 Å². The summed E-state index contributed by atoms with van der Waals surface area (Å²) in [5.41, 5.74) is 6.73. The summed E-state index contributed by atoms with van der Waals surface area (Å²) in [7, 11) is 0. The van der Waals surface area contributed by atoms with Crippen molar-refractivity contribution in [3.05, 3.63) is 45.2 Å². The number of aromatic nitrogens is 2. The van der Waals surface area contributed by atoms with Crippen molar-refractivity contribution in [2.75, 3.05) is 0 Å². The number of rotatable bonds is 2. The molecule has 2 aromatic rings. The molecule has 0 bridgehead atoms. The van der Waals surface area contributed by atoms with Crippen molar-refractivity contribution in [3.8, 4) is 11.4 Å². The third-order valence-electron chi connectivity index (χ3n) is 3.15. The lowest BCUT2D eigenvalue weighted by atomic mass is 10.1. The number of nitrogens with two attached hydrogens (primary N) is 1. The van der Waals surface area contributed by atoms with E-state index in [4.69, 9.17) is 5.73 Å². The summed E-state index contributed by atoms with van der Waals surface area (Å²) in [6.07, 6.45) is -4.48. The average Bonchev–Trinajstić information content (AvgIpc) is 2.37. The summed E-state index contributed by atoms with van der Waals surface area (Å²) in [5.74, 6) is 0.0574. The van der Waals surface area contributed by atoms with Gasteiger partial charge in [-0.15, -0.1) is 0 Å². The highest BCUT2D eigenvalue weighted by Gasteiger charge is 2.34. The number of hydrogen-bond donors (Lipinski definition) is 1. The third kappa shape index (κ3) is 3.24. The van der Waals surface area contributed by atoms with Gasteiger partial charge >= 0.3 is 6.18 Å². The highest BCUT2D eigenvalue weighted by Crippen LogP contribution is 2.37. The second-order valence-corrected chi connectivity index (χ2v) is 5.50. The van der Waals surface area contributed by atoms with E-state index in [2.05, 4.69) is 25.9 Å². The van der Waals surface area contributed by atoms with Crippen molar-refractivity contribution in [1.29, 1.82) is 0 Å². The zero-order valence-electron chi connectivity index (χ0n) is 11.4. The first kappa shape index (κ1) is 15.9. The fourth-order valence-corrected chi connectivity index (χ4v) is 2.46. The Hall–Kier alpha value is -1.47. The molecule has 7 heteroatoms. The maximum Gasteiger partial charge on any atom is 0.417 e. The molecule has 2 N–H and O–H groups in total. The van der Waals surface area contributed by atoms with E-state index >= 15 is 0 Å². The molecule has 1 aromatic heterocycles. The van der Waals surface area contributed by atoms with Gasteiger partial charge < -0.3 is 5.73 Å². The Labute approximate surface area is 128 Å². The standard InChI is InChI=1S/C14H13BrF3N3/c1-7-11(6-19)8(2)21-13(20-7)10-4-3-9(15)5-12(10)14(16,17)18/h3-5H,6,19H2,1-2H3. The Balaban J connectivity index is 2.68. The van der Waals surface area contributed by atoms with E-state index in [1.807, 2.05) is 0 Å². The summed E-state index contributed by atoms with van der Waals surface area (Å²) in [4.78, 5) is 8.34. The van der Waals surface area contributed by atoms with Crippen LogP contribution in [0.2, 0.25) is 0 Å². The number of halogens is 4. The summed E-state index contributed by atoms with van der Waals surface area (Å²) in [6, 6.07) is 3.93. The Morgan fingerprint density at radius 2 is 1.71 bits per heavy atom. The molecule has 0 spiro atoms. The lowest BCUT2D eigenvalue weighted by Gasteiger charge is -2.14. The molecule has 1 heterocycles. The second kappa shape index (κ2) is 5.73. The molecule has 2 rings (SSSR count). The van der Waals surface area contributed by atoms with E-state index in [0.29, 0.717) is 15.9 Å². The van der Waals surface area contributed by atoms with Crippen LogP contribution >= 0.6 is 15.9 Å². The minimum Gasteiger partial charge on any atom is -0.326 e. The maximum atomic E-state index is 13.2. The van der Waals surface area contributed by atoms with Gasteiger partial charge in [-0.1, -0.05) is 15.9 Å². The van der Waals surface area contributed by atoms with Gasteiger partial charge in [-0.25, -0.2) is 9.97 Å². The van der Waals surface area contributed by atoms with Gasteiger partial charge in [0.25, 0.3) is 0 Å². The first-order valence-corrected chi connectivity index (χ1v) is 6.94. The SMILES string of the molecule is Cc1nc(-c2ccc(Br)cc2C(F)(F)F)nc(C)c1CN. The van der Waals surface area contributed by atoms with Gasteiger partial charge in [-0.05, 0) is 32.0 Å². The van der Waals surface area contributed by atoms with Crippen LogP contribution in [-0.4, -0.2) is 9.97 Å². The highest BCUT2D eigenvalue weighted by atomic mass is 79.9. The molecule has 21 heavy (non-hydrogen) atoms. The molecule has 0 unspecified atom stereocenters. The molecule has 0 amide bonds. The van der Waals surface area contributed by atoms with Gasteiger partial charge in [0.15, 0.2) is 5.82 Å². The molecular formula is C14H13BrF3N3. The van der Waals surface area contributed by atoms with E-state index in [9.17, 15) is 13.2 Å². The smallest absolute Gasteiger partial charge is 0.326 e. The third-order valence-corrected chi connectivity index (χ3v) is 3.65. The Kier molecular flexibility index (Phi) is 4.34. The van der Waals surface area contributed by atoms with Crippen molar-refractivity contribution < 1.29 is 13.2 Å². The minimum atomic E-state index is -4.48. The molecule has 0 fully saturated rings. The van der Waals surface area contributed by atoms with Crippen LogP contribution in [0.5, 0.6) is 0 Å². The van der Waals surface area contributed by atoms with Crippen molar-refractivity contribution in [1.82, 2.24) is 9.97 Å². The lowest BCUT2D eigenvalue weighted by molar-refractivity contribution is -0.137. The molecular weight excluding hydrogens is 347 g/mol. The van der Waals surface area contributed by atoms with Gasteiger partial charge in [-0.2, -0.15) is 13.2 Å². The number of aryl methyl sites for hydroxylation is 2. The van der Waals surface area contributed by atoms with Crippen molar-refractivity contribution in [2.24, 2.45) is 5.73 Å². The summed E-state index contributed by atoms with van der Waals surface area (Å²) in [6.45, 7) is 3.68. The largest absolute Gasteiger partial charge is 0.417 e. The molecule has 0 aliphatic carbocycles. The Morgan fingerprint density at radius 1 is 1.14 bits per heavy atom. The van der Waals surface area contributed by atoms with Crippen molar-refractivity contribution in [3.63, 3.8) is 0 Å². The predicted molar refractivity (Wildman–Crippen MR) is 77.5 cm³/mol. The molecule has 0 saturated heterocycles. The molecule has 3 nitrogen and oxygen atoms in total. The zero-order valence-corrected chi connectivity index (χ0v) is 13.0.